The minimum atomic E-state index is -3.22. The van der Waals surface area contributed by atoms with Crippen molar-refractivity contribution < 1.29 is 18.0 Å². The van der Waals surface area contributed by atoms with Crippen molar-refractivity contribution >= 4 is 38.2 Å². The zero-order chi connectivity index (χ0) is 23.4. The summed E-state index contributed by atoms with van der Waals surface area (Å²) >= 11 is 1.48. The zero-order valence-electron chi connectivity index (χ0n) is 18.8. The number of hydrogen-bond acceptors (Lipinski definition) is 6. The van der Waals surface area contributed by atoms with Crippen molar-refractivity contribution in [1.29, 1.82) is 0 Å². The summed E-state index contributed by atoms with van der Waals surface area (Å²) in [5, 5.41) is 6.63. The average Bonchev–Trinajstić information content (AvgIpc) is 3.18. The van der Waals surface area contributed by atoms with E-state index in [0.29, 0.717) is 48.5 Å². The van der Waals surface area contributed by atoms with Crippen molar-refractivity contribution in [2.24, 2.45) is 0 Å². The van der Waals surface area contributed by atoms with Gasteiger partial charge in [0.05, 0.1) is 16.9 Å². The smallest absolute Gasteiger partial charge is 0.257 e. The number of aromatic nitrogens is 1. The van der Waals surface area contributed by atoms with Crippen LogP contribution in [0.3, 0.4) is 0 Å². The van der Waals surface area contributed by atoms with Gasteiger partial charge in [0.2, 0.25) is 10.0 Å². The third-order valence-electron chi connectivity index (χ3n) is 6.19. The maximum atomic E-state index is 13.4. The highest BCUT2D eigenvalue weighted by Crippen LogP contribution is 2.38. The second-order valence-electron chi connectivity index (χ2n) is 8.57. The molecule has 0 bridgehead atoms. The Morgan fingerprint density at radius 1 is 1.18 bits per heavy atom. The Morgan fingerprint density at radius 2 is 1.94 bits per heavy atom. The SMILES string of the molecule is CCCS(=O)(=O)N1CCC(NC(=O)c2c(NC(=O)c3cccnc3)sc3c2CCCC3)CC1. The van der Waals surface area contributed by atoms with Crippen molar-refractivity contribution in [2.45, 2.75) is 57.9 Å². The Balaban J connectivity index is 1.48. The van der Waals surface area contributed by atoms with E-state index in [9.17, 15) is 18.0 Å². The largest absolute Gasteiger partial charge is 0.349 e. The van der Waals surface area contributed by atoms with Crippen molar-refractivity contribution in [3.05, 3.63) is 46.1 Å². The highest BCUT2D eigenvalue weighted by atomic mass is 32.2. The molecule has 33 heavy (non-hydrogen) atoms. The van der Waals surface area contributed by atoms with E-state index in [1.54, 1.807) is 18.3 Å². The number of piperidine rings is 1. The molecule has 2 aliphatic rings. The number of thiophene rings is 1. The maximum absolute atomic E-state index is 13.4. The summed E-state index contributed by atoms with van der Waals surface area (Å²) in [4.78, 5) is 31.3. The minimum Gasteiger partial charge on any atom is -0.349 e. The predicted octanol–water partition coefficient (Wildman–Crippen LogP) is 3.21. The second kappa shape index (κ2) is 10.3. The molecule has 10 heteroatoms. The van der Waals surface area contributed by atoms with Crippen LogP contribution in [0.2, 0.25) is 0 Å². The van der Waals surface area contributed by atoms with E-state index in [0.717, 1.165) is 36.1 Å². The number of anilines is 1. The molecule has 4 rings (SSSR count). The van der Waals surface area contributed by atoms with Gasteiger partial charge in [0.25, 0.3) is 11.8 Å². The number of carbonyl (C=O) groups is 2. The van der Waals surface area contributed by atoms with Gasteiger partial charge < -0.3 is 10.6 Å². The number of amides is 2. The van der Waals surface area contributed by atoms with Gasteiger partial charge in [-0.1, -0.05) is 6.92 Å². The molecule has 0 radical (unpaired) electrons. The van der Waals surface area contributed by atoms with Gasteiger partial charge in [-0.25, -0.2) is 12.7 Å². The van der Waals surface area contributed by atoms with Crippen molar-refractivity contribution in [3.8, 4) is 0 Å². The number of aryl methyl sites for hydroxylation is 1. The van der Waals surface area contributed by atoms with Crippen LogP contribution in [0.1, 0.15) is 70.2 Å². The van der Waals surface area contributed by atoms with Crippen LogP contribution in [-0.2, 0) is 22.9 Å². The van der Waals surface area contributed by atoms with Crippen LogP contribution in [0.4, 0.5) is 5.00 Å². The van der Waals surface area contributed by atoms with E-state index in [1.165, 1.54) is 21.8 Å². The average molecular weight is 491 g/mol. The van der Waals surface area contributed by atoms with Crippen molar-refractivity contribution in [1.82, 2.24) is 14.6 Å². The third kappa shape index (κ3) is 5.44. The molecule has 0 atom stereocenters. The zero-order valence-corrected chi connectivity index (χ0v) is 20.4. The summed E-state index contributed by atoms with van der Waals surface area (Å²) in [7, 11) is -3.22. The maximum Gasteiger partial charge on any atom is 0.257 e. The normalized spacial score (nSPS) is 17.4. The molecule has 1 fully saturated rings. The first kappa shape index (κ1) is 23.8. The fraction of sp³-hybridized carbons (Fsp3) is 0.522. The molecule has 1 aliphatic carbocycles. The third-order valence-corrected chi connectivity index (χ3v) is 9.48. The second-order valence-corrected chi connectivity index (χ2v) is 11.8. The first-order valence-electron chi connectivity index (χ1n) is 11.5. The molecular formula is C23H30N4O4S2. The molecule has 178 valence electrons. The summed E-state index contributed by atoms with van der Waals surface area (Å²) < 4.78 is 26.2. The Bertz CT molecular complexity index is 1110. The standard InChI is InChI=1S/C23H30N4O4S2/c1-2-14-33(30,31)27-12-9-17(10-13-27)25-22(29)20-18-7-3-4-8-19(18)32-23(20)26-21(28)16-6-5-11-24-15-16/h5-6,11,15,17H,2-4,7-10,12-14H2,1H3,(H,25,29)(H,26,28). The van der Waals surface area contributed by atoms with Crippen LogP contribution in [0.5, 0.6) is 0 Å². The van der Waals surface area contributed by atoms with Gasteiger partial charge in [-0.3, -0.25) is 14.6 Å². The highest BCUT2D eigenvalue weighted by molar-refractivity contribution is 7.89. The lowest BCUT2D eigenvalue weighted by Crippen LogP contribution is -2.47. The molecule has 1 aliphatic heterocycles. The summed E-state index contributed by atoms with van der Waals surface area (Å²) in [5.74, 6) is -0.318. The van der Waals surface area contributed by atoms with E-state index in [-0.39, 0.29) is 23.6 Å². The van der Waals surface area contributed by atoms with Gasteiger partial charge in [-0.05, 0) is 62.6 Å². The fourth-order valence-electron chi connectivity index (χ4n) is 4.49. The molecule has 2 aromatic rings. The molecule has 0 saturated carbocycles. The topological polar surface area (TPSA) is 108 Å². The quantitative estimate of drug-likeness (QED) is 0.620. The first-order valence-corrected chi connectivity index (χ1v) is 14.0. The molecule has 3 heterocycles. The summed E-state index contributed by atoms with van der Waals surface area (Å²) in [6.07, 6.45) is 8.71. The molecule has 1 saturated heterocycles. The van der Waals surface area contributed by atoms with Crippen LogP contribution in [0.25, 0.3) is 0 Å². The van der Waals surface area contributed by atoms with Crippen LogP contribution in [0.15, 0.2) is 24.5 Å². The number of hydrogen-bond donors (Lipinski definition) is 2. The minimum absolute atomic E-state index is 0.0911. The lowest BCUT2D eigenvalue weighted by Gasteiger charge is -2.31. The highest BCUT2D eigenvalue weighted by Gasteiger charge is 2.31. The lowest BCUT2D eigenvalue weighted by molar-refractivity contribution is 0.0924. The van der Waals surface area contributed by atoms with E-state index < -0.39 is 10.0 Å². The number of rotatable bonds is 7. The number of fused-ring (bicyclic) bond motifs is 1. The van der Waals surface area contributed by atoms with E-state index in [1.807, 2.05) is 6.92 Å². The van der Waals surface area contributed by atoms with Gasteiger partial charge in [0, 0.05) is 36.4 Å². The Morgan fingerprint density at radius 3 is 2.64 bits per heavy atom. The summed E-state index contributed by atoms with van der Waals surface area (Å²) in [6.45, 7) is 2.69. The van der Waals surface area contributed by atoms with E-state index in [2.05, 4.69) is 15.6 Å². The van der Waals surface area contributed by atoms with Crippen LogP contribution < -0.4 is 10.6 Å². The van der Waals surface area contributed by atoms with E-state index >= 15 is 0 Å². The number of nitrogens with one attached hydrogen (secondary N) is 2. The van der Waals surface area contributed by atoms with Gasteiger partial charge in [-0.2, -0.15) is 0 Å². The predicted molar refractivity (Wildman–Crippen MR) is 129 cm³/mol. The molecule has 2 amide bonds. The number of sulfonamides is 1. The summed E-state index contributed by atoms with van der Waals surface area (Å²) in [6, 6.07) is 3.30. The molecule has 0 unspecified atom stereocenters. The first-order chi connectivity index (χ1) is 15.9. The molecule has 2 N–H and O–H groups in total. The van der Waals surface area contributed by atoms with Gasteiger partial charge in [0.15, 0.2) is 0 Å². The lowest BCUT2D eigenvalue weighted by atomic mass is 9.94. The Kier molecular flexibility index (Phi) is 7.45. The summed E-state index contributed by atoms with van der Waals surface area (Å²) in [5.41, 5.74) is 2.04. The Labute approximate surface area is 198 Å². The van der Waals surface area contributed by atoms with Gasteiger partial charge in [-0.15, -0.1) is 11.3 Å². The number of nitrogens with zero attached hydrogens (tertiary/aromatic N) is 2. The fourth-order valence-corrected chi connectivity index (χ4v) is 7.31. The molecular weight excluding hydrogens is 460 g/mol. The van der Waals surface area contributed by atoms with Crippen LogP contribution in [0, 0.1) is 0 Å². The van der Waals surface area contributed by atoms with Crippen LogP contribution in [-0.4, -0.2) is 54.4 Å². The van der Waals surface area contributed by atoms with Gasteiger partial charge >= 0.3 is 0 Å². The van der Waals surface area contributed by atoms with Crippen LogP contribution >= 0.6 is 11.3 Å². The molecule has 8 nitrogen and oxygen atoms in total. The number of pyridine rings is 1. The molecule has 0 aromatic carbocycles. The number of carbonyl (C=O) groups excluding carboxylic acids is 2. The monoisotopic (exact) mass is 490 g/mol. The molecule has 2 aromatic heterocycles. The van der Waals surface area contributed by atoms with Gasteiger partial charge in [0.1, 0.15) is 5.00 Å². The van der Waals surface area contributed by atoms with Crippen molar-refractivity contribution in [2.75, 3.05) is 24.2 Å². The van der Waals surface area contributed by atoms with Crippen molar-refractivity contribution in [3.63, 3.8) is 0 Å². The Hall–Kier alpha value is -2.30. The van der Waals surface area contributed by atoms with E-state index in [4.69, 9.17) is 0 Å². The molecule has 0 spiro atoms.